The van der Waals surface area contributed by atoms with E-state index in [4.69, 9.17) is 4.74 Å². The van der Waals surface area contributed by atoms with Crippen molar-refractivity contribution in [3.8, 4) is 5.75 Å². The lowest BCUT2D eigenvalue weighted by atomic mass is 9.99. The van der Waals surface area contributed by atoms with Crippen LogP contribution in [0.25, 0.3) is 0 Å². The average Bonchev–Trinajstić information content (AvgIpc) is 2.42. The highest BCUT2D eigenvalue weighted by molar-refractivity contribution is 5.94. The summed E-state index contributed by atoms with van der Waals surface area (Å²) in [6, 6.07) is 5.38. The Balaban J connectivity index is 2.69. The first-order valence-corrected chi connectivity index (χ1v) is 6.66. The standard InChI is InChI=1S/C15H22N2O3/c1-10(2)13-9-12(5-6-14(13)20-4)15(19)17-8-7-16-11(3)18/h5-6,9-10H,7-8H2,1-4H3,(H,16,18)(H,17,19). The van der Waals surface area contributed by atoms with Gasteiger partial charge in [-0.2, -0.15) is 0 Å². The van der Waals surface area contributed by atoms with Gasteiger partial charge in [-0.05, 0) is 29.7 Å². The van der Waals surface area contributed by atoms with Gasteiger partial charge in [0, 0.05) is 25.6 Å². The zero-order chi connectivity index (χ0) is 15.1. The Kier molecular flexibility index (Phi) is 6.03. The summed E-state index contributed by atoms with van der Waals surface area (Å²) >= 11 is 0. The molecule has 0 heterocycles. The van der Waals surface area contributed by atoms with Crippen molar-refractivity contribution in [3.63, 3.8) is 0 Å². The molecule has 0 aliphatic carbocycles. The summed E-state index contributed by atoms with van der Waals surface area (Å²) < 4.78 is 5.29. The molecular weight excluding hydrogens is 256 g/mol. The fourth-order valence-corrected chi connectivity index (χ4v) is 1.84. The molecule has 2 N–H and O–H groups in total. The minimum Gasteiger partial charge on any atom is -0.496 e. The molecule has 0 aromatic heterocycles. The minimum atomic E-state index is -0.153. The third kappa shape index (κ3) is 4.57. The van der Waals surface area contributed by atoms with Gasteiger partial charge < -0.3 is 15.4 Å². The number of ether oxygens (including phenoxy) is 1. The number of hydrogen-bond donors (Lipinski definition) is 2. The molecule has 1 aromatic carbocycles. The molecule has 1 aromatic rings. The van der Waals surface area contributed by atoms with Crippen LogP contribution >= 0.6 is 0 Å². The lowest BCUT2D eigenvalue weighted by molar-refractivity contribution is -0.118. The van der Waals surface area contributed by atoms with Crippen LogP contribution < -0.4 is 15.4 Å². The quantitative estimate of drug-likeness (QED) is 0.778. The zero-order valence-electron chi connectivity index (χ0n) is 12.4. The normalized spacial score (nSPS) is 10.2. The monoisotopic (exact) mass is 278 g/mol. The average molecular weight is 278 g/mol. The summed E-state index contributed by atoms with van der Waals surface area (Å²) in [5.74, 6) is 0.803. The molecule has 0 saturated carbocycles. The highest BCUT2D eigenvalue weighted by atomic mass is 16.5. The molecule has 0 fully saturated rings. The Hall–Kier alpha value is -2.04. The van der Waals surface area contributed by atoms with Gasteiger partial charge >= 0.3 is 0 Å². The lowest BCUT2D eigenvalue weighted by Gasteiger charge is -2.13. The molecule has 0 aliphatic heterocycles. The molecule has 1 rings (SSSR count). The SMILES string of the molecule is COc1ccc(C(=O)NCCNC(C)=O)cc1C(C)C. The second-order valence-electron chi connectivity index (χ2n) is 4.85. The second kappa shape index (κ2) is 7.53. The van der Waals surface area contributed by atoms with Crippen molar-refractivity contribution in [1.29, 1.82) is 0 Å². The third-order valence-electron chi connectivity index (χ3n) is 2.90. The van der Waals surface area contributed by atoms with E-state index in [0.717, 1.165) is 11.3 Å². The number of benzene rings is 1. The number of amides is 2. The van der Waals surface area contributed by atoms with E-state index >= 15 is 0 Å². The van der Waals surface area contributed by atoms with Gasteiger partial charge in [0.15, 0.2) is 0 Å². The summed E-state index contributed by atoms with van der Waals surface area (Å²) in [6.45, 7) is 6.38. The Morgan fingerprint density at radius 1 is 1.20 bits per heavy atom. The molecule has 5 nitrogen and oxygen atoms in total. The van der Waals surface area contributed by atoms with Gasteiger partial charge in [0.25, 0.3) is 5.91 Å². The summed E-state index contributed by atoms with van der Waals surface area (Å²) in [5.41, 5.74) is 1.60. The van der Waals surface area contributed by atoms with Crippen LogP contribution in [0.2, 0.25) is 0 Å². The Morgan fingerprint density at radius 2 is 1.85 bits per heavy atom. The maximum Gasteiger partial charge on any atom is 0.251 e. The van der Waals surface area contributed by atoms with Crippen LogP contribution in [-0.4, -0.2) is 32.0 Å². The van der Waals surface area contributed by atoms with E-state index in [1.54, 1.807) is 19.2 Å². The van der Waals surface area contributed by atoms with Crippen molar-refractivity contribution < 1.29 is 14.3 Å². The number of nitrogens with one attached hydrogen (secondary N) is 2. The van der Waals surface area contributed by atoms with E-state index in [0.29, 0.717) is 18.7 Å². The summed E-state index contributed by atoms with van der Waals surface area (Å²) in [4.78, 5) is 22.7. The summed E-state index contributed by atoms with van der Waals surface area (Å²) in [6.07, 6.45) is 0. The van der Waals surface area contributed by atoms with E-state index in [1.165, 1.54) is 6.92 Å². The van der Waals surface area contributed by atoms with E-state index in [2.05, 4.69) is 24.5 Å². The highest BCUT2D eigenvalue weighted by Crippen LogP contribution is 2.27. The van der Waals surface area contributed by atoms with Gasteiger partial charge in [-0.3, -0.25) is 9.59 Å². The Morgan fingerprint density at radius 3 is 2.40 bits per heavy atom. The van der Waals surface area contributed by atoms with Crippen LogP contribution in [0, 0.1) is 0 Å². The first-order chi connectivity index (χ1) is 9.45. The van der Waals surface area contributed by atoms with Crippen LogP contribution in [0.15, 0.2) is 18.2 Å². The van der Waals surface area contributed by atoms with Crippen LogP contribution in [0.1, 0.15) is 42.6 Å². The minimum absolute atomic E-state index is 0.106. The van der Waals surface area contributed by atoms with Crippen LogP contribution in [0.3, 0.4) is 0 Å². The Bertz CT molecular complexity index is 484. The topological polar surface area (TPSA) is 67.4 Å². The fraction of sp³-hybridized carbons (Fsp3) is 0.467. The maximum atomic E-state index is 12.0. The van der Waals surface area contributed by atoms with E-state index < -0.39 is 0 Å². The zero-order valence-corrected chi connectivity index (χ0v) is 12.4. The van der Waals surface area contributed by atoms with Crippen molar-refractivity contribution in [1.82, 2.24) is 10.6 Å². The van der Waals surface area contributed by atoms with Gasteiger partial charge in [-0.15, -0.1) is 0 Å². The molecule has 0 saturated heterocycles. The predicted octanol–water partition coefficient (Wildman–Crippen LogP) is 1.68. The fourth-order valence-electron chi connectivity index (χ4n) is 1.84. The lowest BCUT2D eigenvalue weighted by Crippen LogP contribution is -2.33. The van der Waals surface area contributed by atoms with E-state index in [1.807, 2.05) is 6.07 Å². The number of carbonyl (C=O) groups excluding carboxylic acids is 2. The molecule has 0 atom stereocenters. The molecule has 110 valence electrons. The molecule has 0 aliphatic rings. The third-order valence-corrected chi connectivity index (χ3v) is 2.90. The second-order valence-corrected chi connectivity index (χ2v) is 4.85. The summed E-state index contributed by atoms with van der Waals surface area (Å²) in [5, 5.41) is 5.39. The van der Waals surface area contributed by atoms with Crippen molar-refractivity contribution in [2.45, 2.75) is 26.7 Å². The molecule has 0 bridgehead atoms. The van der Waals surface area contributed by atoms with Crippen LogP contribution in [-0.2, 0) is 4.79 Å². The highest BCUT2D eigenvalue weighted by Gasteiger charge is 2.12. The van der Waals surface area contributed by atoms with Crippen LogP contribution in [0.5, 0.6) is 5.75 Å². The van der Waals surface area contributed by atoms with Gasteiger partial charge in [-0.1, -0.05) is 13.8 Å². The predicted molar refractivity (Wildman–Crippen MR) is 78.1 cm³/mol. The van der Waals surface area contributed by atoms with E-state index in [-0.39, 0.29) is 17.7 Å². The van der Waals surface area contributed by atoms with Gasteiger partial charge in [0.05, 0.1) is 7.11 Å². The van der Waals surface area contributed by atoms with E-state index in [9.17, 15) is 9.59 Å². The van der Waals surface area contributed by atoms with Crippen molar-refractivity contribution in [2.24, 2.45) is 0 Å². The Labute approximate surface area is 119 Å². The molecule has 0 spiro atoms. The largest absolute Gasteiger partial charge is 0.496 e. The number of hydrogen-bond acceptors (Lipinski definition) is 3. The molecule has 5 heteroatoms. The number of carbonyl (C=O) groups is 2. The molecular formula is C15H22N2O3. The first kappa shape index (κ1) is 16.0. The molecule has 20 heavy (non-hydrogen) atoms. The first-order valence-electron chi connectivity index (χ1n) is 6.66. The van der Waals surface area contributed by atoms with Gasteiger partial charge in [0.1, 0.15) is 5.75 Å². The van der Waals surface area contributed by atoms with Crippen LogP contribution in [0.4, 0.5) is 0 Å². The molecule has 0 radical (unpaired) electrons. The van der Waals surface area contributed by atoms with Crippen molar-refractivity contribution in [2.75, 3.05) is 20.2 Å². The number of rotatable bonds is 6. The maximum absolute atomic E-state index is 12.0. The summed E-state index contributed by atoms with van der Waals surface area (Å²) in [7, 11) is 1.62. The van der Waals surface area contributed by atoms with Crippen molar-refractivity contribution in [3.05, 3.63) is 29.3 Å². The smallest absolute Gasteiger partial charge is 0.251 e. The molecule has 2 amide bonds. The number of methoxy groups -OCH3 is 1. The molecule has 0 unspecified atom stereocenters. The van der Waals surface area contributed by atoms with Crippen molar-refractivity contribution >= 4 is 11.8 Å². The van der Waals surface area contributed by atoms with Gasteiger partial charge in [0.2, 0.25) is 5.91 Å². The van der Waals surface area contributed by atoms with Gasteiger partial charge in [-0.25, -0.2) is 0 Å².